The van der Waals surface area contributed by atoms with Crippen LogP contribution in [0.1, 0.15) is 20.8 Å². The van der Waals surface area contributed by atoms with Crippen LogP contribution >= 0.6 is 0 Å². The van der Waals surface area contributed by atoms with Crippen LogP contribution in [0.4, 0.5) is 0 Å². The van der Waals surface area contributed by atoms with Crippen molar-refractivity contribution in [2.75, 3.05) is 38.5 Å². The highest BCUT2D eigenvalue weighted by Crippen LogP contribution is 2.25. The molecule has 0 N–H and O–H groups in total. The minimum Gasteiger partial charge on any atom is -0.377 e. The van der Waals surface area contributed by atoms with Crippen LogP contribution < -0.4 is 0 Å². The Balaban J connectivity index is 4.91. The van der Waals surface area contributed by atoms with E-state index in [0.29, 0.717) is 12.4 Å². The van der Waals surface area contributed by atoms with E-state index in [2.05, 4.69) is 0 Å². The molecule has 0 aromatic carbocycles. The van der Waals surface area contributed by atoms with Crippen molar-refractivity contribution in [2.45, 2.75) is 26.9 Å². The molecule has 0 saturated carbocycles. The van der Waals surface area contributed by atoms with Crippen LogP contribution in [0.25, 0.3) is 0 Å². The van der Waals surface area contributed by atoms with Crippen molar-refractivity contribution in [3.63, 3.8) is 0 Å². The first kappa shape index (κ1) is 18.0. The molecule has 0 rings (SSSR count). The molecule has 7 heteroatoms. The van der Waals surface area contributed by atoms with Crippen LogP contribution in [0.2, 0.25) is 0 Å². The lowest BCUT2D eigenvalue weighted by Gasteiger charge is -2.35. The molecule has 110 valence electrons. The van der Waals surface area contributed by atoms with E-state index in [1.54, 1.807) is 6.26 Å². The summed E-state index contributed by atoms with van der Waals surface area (Å²) in [5.41, 5.74) is -0.339. The van der Waals surface area contributed by atoms with Gasteiger partial charge in [-0.25, -0.2) is 12.7 Å². The molecule has 0 aliphatic heterocycles. The Labute approximate surface area is 113 Å². The molecule has 0 radical (unpaired) electrons. The van der Waals surface area contributed by atoms with Gasteiger partial charge in [0.2, 0.25) is 10.0 Å². The van der Waals surface area contributed by atoms with Crippen LogP contribution in [-0.4, -0.2) is 61.5 Å². The van der Waals surface area contributed by atoms with Crippen molar-refractivity contribution < 1.29 is 17.4 Å². The molecule has 2 atom stereocenters. The molecule has 0 aliphatic carbocycles. The van der Waals surface area contributed by atoms with E-state index in [4.69, 9.17) is 4.74 Å². The second-order valence-electron chi connectivity index (χ2n) is 5.19. The van der Waals surface area contributed by atoms with E-state index >= 15 is 0 Å². The molecule has 0 aromatic heterocycles. The average molecular weight is 299 g/mol. The Kier molecular flexibility index (Phi) is 6.99. The predicted molar refractivity (Wildman–Crippen MR) is 75.6 cm³/mol. The van der Waals surface area contributed by atoms with Gasteiger partial charge in [0, 0.05) is 48.4 Å². The maximum absolute atomic E-state index is 11.4. The Bertz CT molecular complexity index is 379. The highest BCUT2D eigenvalue weighted by atomic mass is 32.2. The maximum Gasteiger partial charge on any atom is 0.211 e. The zero-order valence-electron chi connectivity index (χ0n) is 12.1. The smallest absolute Gasteiger partial charge is 0.211 e. The van der Waals surface area contributed by atoms with Crippen LogP contribution in [0, 0.1) is 5.41 Å². The summed E-state index contributed by atoms with van der Waals surface area (Å²) in [6.45, 7) is 6.54. The van der Waals surface area contributed by atoms with Gasteiger partial charge < -0.3 is 4.74 Å². The van der Waals surface area contributed by atoms with Crippen LogP contribution in [0.5, 0.6) is 0 Å². The lowest BCUT2D eigenvalue weighted by atomic mass is 9.88. The zero-order valence-corrected chi connectivity index (χ0v) is 13.7. The fourth-order valence-corrected chi connectivity index (χ4v) is 3.35. The third-order valence-electron chi connectivity index (χ3n) is 2.80. The van der Waals surface area contributed by atoms with Crippen molar-refractivity contribution in [3.8, 4) is 0 Å². The van der Waals surface area contributed by atoms with Gasteiger partial charge in [-0.3, -0.25) is 4.21 Å². The zero-order chi connectivity index (χ0) is 14.6. The van der Waals surface area contributed by atoms with Gasteiger partial charge in [-0.05, 0) is 6.92 Å². The van der Waals surface area contributed by atoms with Gasteiger partial charge in [0.15, 0.2) is 0 Å². The number of likely N-dealkylation sites (N-methyl/N-ethyl adjacent to an activating group) is 1. The van der Waals surface area contributed by atoms with Gasteiger partial charge in [-0.15, -0.1) is 0 Å². The largest absolute Gasteiger partial charge is 0.377 e. The summed E-state index contributed by atoms with van der Waals surface area (Å²) in [7, 11) is -2.64. The first-order valence-electron chi connectivity index (χ1n) is 5.83. The lowest BCUT2D eigenvalue weighted by Crippen LogP contribution is -2.45. The standard InChI is InChI=1S/C11H25NO4S2/c1-7-16-10(8-12(4)18(6,14)15)11(2,3)9-17(5)13/h10H,7-9H2,1-6H3/t10?,17-/m1/s1. The summed E-state index contributed by atoms with van der Waals surface area (Å²) in [6.07, 6.45) is 2.54. The molecule has 5 nitrogen and oxygen atoms in total. The Morgan fingerprint density at radius 3 is 2.22 bits per heavy atom. The van der Waals surface area contributed by atoms with Gasteiger partial charge in [0.25, 0.3) is 0 Å². The molecule has 0 fully saturated rings. The molecule has 0 amide bonds. The van der Waals surface area contributed by atoms with Crippen LogP contribution in [0.15, 0.2) is 0 Å². The first-order chi connectivity index (χ1) is 8.00. The monoisotopic (exact) mass is 299 g/mol. The Morgan fingerprint density at radius 2 is 1.89 bits per heavy atom. The van der Waals surface area contributed by atoms with E-state index in [1.807, 2.05) is 20.8 Å². The van der Waals surface area contributed by atoms with Crippen molar-refractivity contribution in [1.29, 1.82) is 0 Å². The number of nitrogens with zero attached hydrogens (tertiary/aromatic N) is 1. The van der Waals surface area contributed by atoms with E-state index < -0.39 is 20.8 Å². The number of sulfonamides is 1. The molecule has 0 saturated heterocycles. The Morgan fingerprint density at radius 1 is 1.39 bits per heavy atom. The molecule has 0 bridgehead atoms. The summed E-state index contributed by atoms with van der Waals surface area (Å²) in [5.74, 6) is 0.481. The number of ether oxygens (including phenoxy) is 1. The van der Waals surface area contributed by atoms with Crippen molar-refractivity contribution in [3.05, 3.63) is 0 Å². The molecular formula is C11H25NO4S2. The normalized spacial score (nSPS) is 16.8. The van der Waals surface area contributed by atoms with E-state index in [-0.39, 0.29) is 18.1 Å². The van der Waals surface area contributed by atoms with Gasteiger partial charge in [0.1, 0.15) is 0 Å². The van der Waals surface area contributed by atoms with Crippen LogP contribution in [0.3, 0.4) is 0 Å². The third-order valence-corrected chi connectivity index (χ3v) is 5.24. The number of hydrogen-bond acceptors (Lipinski definition) is 4. The van der Waals surface area contributed by atoms with Crippen molar-refractivity contribution in [1.82, 2.24) is 4.31 Å². The highest BCUT2D eigenvalue weighted by molar-refractivity contribution is 7.88. The summed E-state index contributed by atoms with van der Waals surface area (Å²) in [5, 5.41) is 0. The first-order valence-corrected chi connectivity index (χ1v) is 9.41. The molecule has 18 heavy (non-hydrogen) atoms. The van der Waals surface area contributed by atoms with Gasteiger partial charge >= 0.3 is 0 Å². The second kappa shape index (κ2) is 6.98. The SMILES string of the molecule is CCOC(CN(C)S(C)(=O)=O)C(C)(C)C[S@@](C)=O. The number of hydrogen-bond donors (Lipinski definition) is 0. The molecule has 1 unspecified atom stereocenters. The number of rotatable bonds is 8. The minimum absolute atomic E-state index is 0.272. The molecular weight excluding hydrogens is 274 g/mol. The second-order valence-corrected chi connectivity index (χ2v) is 8.72. The van der Waals surface area contributed by atoms with Crippen molar-refractivity contribution >= 4 is 20.8 Å². The van der Waals surface area contributed by atoms with Crippen molar-refractivity contribution in [2.24, 2.45) is 5.41 Å². The van der Waals surface area contributed by atoms with E-state index in [9.17, 15) is 12.6 Å². The lowest BCUT2D eigenvalue weighted by molar-refractivity contribution is -0.0167. The van der Waals surface area contributed by atoms with E-state index in [1.165, 1.54) is 17.6 Å². The molecule has 0 aliphatic rings. The summed E-state index contributed by atoms with van der Waals surface area (Å²) < 4.78 is 41.1. The molecule has 0 spiro atoms. The third kappa shape index (κ3) is 6.26. The average Bonchev–Trinajstić information content (AvgIpc) is 2.13. The van der Waals surface area contributed by atoms with Gasteiger partial charge in [0.05, 0.1) is 12.4 Å². The topological polar surface area (TPSA) is 63.7 Å². The summed E-state index contributed by atoms with van der Waals surface area (Å²) in [4.78, 5) is 0. The minimum atomic E-state index is -3.23. The van der Waals surface area contributed by atoms with Gasteiger partial charge in [-0.2, -0.15) is 0 Å². The summed E-state index contributed by atoms with van der Waals surface area (Å²) in [6, 6.07) is 0. The van der Waals surface area contributed by atoms with Crippen LogP contribution in [-0.2, 0) is 25.6 Å². The highest BCUT2D eigenvalue weighted by Gasteiger charge is 2.33. The fraction of sp³-hybridized carbons (Fsp3) is 1.00. The van der Waals surface area contributed by atoms with E-state index in [0.717, 1.165) is 0 Å². The Hall–Kier alpha value is 0.0200. The summed E-state index contributed by atoms with van der Waals surface area (Å²) >= 11 is 0. The quantitative estimate of drug-likeness (QED) is 0.661. The molecule has 0 aromatic rings. The van der Waals surface area contributed by atoms with Gasteiger partial charge in [-0.1, -0.05) is 13.8 Å². The maximum atomic E-state index is 11.4. The predicted octanol–water partition coefficient (Wildman–Crippen LogP) is 0.688. The molecule has 0 heterocycles. The fourth-order valence-electron chi connectivity index (χ4n) is 1.71.